The van der Waals surface area contributed by atoms with Crippen LogP contribution in [0.3, 0.4) is 0 Å². The van der Waals surface area contributed by atoms with Crippen molar-refractivity contribution in [3.05, 3.63) is 59.5 Å². The van der Waals surface area contributed by atoms with Gasteiger partial charge in [0.2, 0.25) is 5.91 Å². The zero-order chi connectivity index (χ0) is 20.6. The Morgan fingerprint density at radius 3 is 2.55 bits per heavy atom. The smallest absolute Gasteiger partial charge is 0.226 e. The van der Waals surface area contributed by atoms with Crippen LogP contribution < -0.4 is 14.8 Å². The number of hydrogen-bond acceptors (Lipinski definition) is 6. The van der Waals surface area contributed by atoms with Crippen molar-refractivity contribution in [3.8, 4) is 22.8 Å². The fourth-order valence-electron chi connectivity index (χ4n) is 2.77. The summed E-state index contributed by atoms with van der Waals surface area (Å²) in [6, 6.07) is 14.5. The molecular formula is C22H22N2O4S. The molecule has 1 aromatic heterocycles. The number of methoxy groups -OCH3 is 1. The number of ketones is 1. The molecule has 0 atom stereocenters. The van der Waals surface area contributed by atoms with Crippen molar-refractivity contribution in [2.75, 3.05) is 19.0 Å². The number of Topliss-reactive ketones (excluding diaryl/α,β-unsaturated/α-hetero) is 1. The molecule has 0 spiro atoms. The largest absolute Gasteiger partial charge is 0.496 e. The second-order valence-corrected chi connectivity index (χ2v) is 7.03. The molecule has 1 heterocycles. The molecule has 0 radical (unpaired) electrons. The van der Waals surface area contributed by atoms with E-state index in [9.17, 15) is 9.59 Å². The normalized spacial score (nSPS) is 10.4. The quantitative estimate of drug-likeness (QED) is 0.512. The molecule has 0 unspecified atom stereocenters. The molecule has 0 aliphatic carbocycles. The molecule has 0 aliphatic heterocycles. The molecule has 0 saturated carbocycles. The first kappa shape index (κ1) is 20.5. The number of thiazole rings is 1. The molecular weight excluding hydrogens is 388 g/mol. The minimum absolute atomic E-state index is 0.0861. The number of carbonyl (C=O) groups is 2. The molecule has 0 fully saturated rings. The van der Waals surface area contributed by atoms with Gasteiger partial charge in [-0.25, -0.2) is 4.98 Å². The number of anilines is 1. The molecule has 150 valence electrons. The number of para-hydroxylation sites is 1. The van der Waals surface area contributed by atoms with Gasteiger partial charge in [-0.1, -0.05) is 12.1 Å². The lowest BCUT2D eigenvalue weighted by Gasteiger charge is -2.05. The number of benzene rings is 2. The highest BCUT2D eigenvalue weighted by Gasteiger charge is 2.13. The zero-order valence-corrected chi connectivity index (χ0v) is 17.1. The van der Waals surface area contributed by atoms with Crippen LogP contribution in [0.5, 0.6) is 11.5 Å². The maximum Gasteiger partial charge on any atom is 0.226 e. The summed E-state index contributed by atoms with van der Waals surface area (Å²) in [6.07, 6.45) is 0.222. The van der Waals surface area contributed by atoms with Crippen LogP contribution >= 0.6 is 11.3 Å². The summed E-state index contributed by atoms with van der Waals surface area (Å²) >= 11 is 1.33. The Hall–Kier alpha value is -3.19. The van der Waals surface area contributed by atoms with Crippen LogP contribution in [0.15, 0.2) is 53.9 Å². The Morgan fingerprint density at radius 1 is 1.07 bits per heavy atom. The number of rotatable bonds is 9. The van der Waals surface area contributed by atoms with Gasteiger partial charge in [-0.2, -0.15) is 0 Å². The number of carbonyl (C=O) groups excluding carboxylic acids is 2. The van der Waals surface area contributed by atoms with E-state index in [4.69, 9.17) is 9.47 Å². The van der Waals surface area contributed by atoms with Crippen LogP contribution in [0.1, 0.15) is 30.1 Å². The second-order valence-electron chi connectivity index (χ2n) is 6.17. The predicted molar refractivity (Wildman–Crippen MR) is 114 cm³/mol. The minimum Gasteiger partial charge on any atom is -0.496 e. The summed E-state index contributed by atoms with van der Waals surface area (Å²) in [7, 11) is 1.61. The Morgan fingerprint density at radius 2 is 1.83 bits per heavy atom. The Labute approximate surface area is 173 Å². The Bertz CT molecular complexity index is 982. The maximum atomic E-state index is 12.3. The van der Waals surface area contributed by atoms with Crippen LogP contribution in [0.2, 0.25) is 0 Å². The van der Waals surface area contributed by atoms with Gasteiger partial charge in [-0.05, 0) is 43.3 Å². The molecule has 3 aromatic rings. The summed E-state index contributed by atoms with van der Waals surface area (Å²) in [4.78, 5) is 28.9. The molecule has 0 bridgehead atoms. The number of hydrogen-bond donors (Lipinski definition) is 1. The van der Waals surface area contributed by atoms with Gasteiger partial charge in [0, 0.05) is 29.3 Å². The van der Waals surface area contributed by atoms with E-state index in [0.717, 1.165) is 22.8 Å². The SMILES string of the molecule is CCOc1ccc(C(=O)CCC(=O)Nc2nc(-c3ccccc3OC)cs2)cc1. The Kier molecular flexibility index (Phi) is 6.97. The number of aromatic nitrogens is 1. The van der Waals surface area contributed by atoms with E-state index in [1.54, 1.807) is 31.4 Å². The van der Waals surface area contributed by atoms with Gasteiger partial charge in [0.05, 0.1) is 19.4 Å². The predicted octanol–water partition coefficient (Wildman–Crippen LogP) is 4.82. The molecule has 0 saturated heterocycles. The molecule has 2 aromatic carbocycles. The van der Waals surface area contributed by atoms with E-state index in [0.29, 0.717) is 17.3 Å². The van der Waals surface area contributed by atoms with Crippen molar-refractivity contribution in [3.63, 3.8) is 0 Å². The van der Waals surface area contributed by atoms with Gasteiger partial charge < -0.3 is 14.8 Å². The molecule has 7 heteroatoms. The molecule has 1 amide bonds. The number of amides is 1. The molecule has 29 heavy (non-hydrogen) atoms. The monoisotopic (exact) mass is 410 g/mol. The van der Waals surface area contributed by atoms with Crippen molar-refractivity contribution < 1.29 is 19.1 Å². The number of nitrogens with zero attached hydrogens (tertiary/aromatic N) is 1. The van der Waals surface area contributed by atoms with Crippen LogP contribution in [0, 0.1) is 0 Å². The van der Waals surface area contributed by atoms with Gasteiger partial charge in [0.1, 0.15) is 11.5 Å². The summed E-state index contributed by atoms with van der Waals surface area (Å²) in [5.74, 6) is 1.11. The van der Waals surface area contributed by atoms with Gasteiger partial charge >= 0.3 is 0 Å². The van der Waals surface area contributed by atoms with Crippen molar-refractivity contribution in [2.45, 2.75) is 19.8 Å². The highest BCUT2D eigenvalue weighted by atomic mass is 32.1. The third-order valence-electron chi connectivity index (χ3n) is 4.20. The number of ether oxygens (including phenoxy) is 2. The summed E-state index contributed by atoms with van der Waals surface area (Å²) in [5.41, 5.74) is 2.15. The minimum atomic E-state index is -0.245. The molecule has 0 aliphatic rings. The second kappa shape index (κ2) is 9.84. The average Bonchev–Trinajstić information content (AvgIpc) is 3.21. The van der Waals surface area contributed by atoms with Gasteiger partial charge in [-0.15, -0.1) is 11.3 Å². The van der Waals surface area contributed by atoms with Crippen molar-refractivity contribution >= 4 is 28.2 Å². The first-order chi connectivity index (χ1) is 14.1. The van der Waals surface area contributed by atoms with E-state index >= 15 is 0 Å². The van der Waals surface area contributed by atoms with Crippen molar-refractivity contribution in [1.82, 2.24) is 4.98 Å². The summed E-state index contributed by atoms with van der Waals surface area (Å²) in [5, 5.41) is 5.11. The fraction of sp³-hybridized carbons (Fsp3) is 0.227. The van der Waals surface area contributed by atoms with Gasteiger partial charge in [0.15, 0.2) is 10.9 Å². The topological polar surface area (TPSA) is 77.5 Å². The third kappa shape index (κ3) is 5.42. The van der Waals surface area contributed by atoms with E-state index < -0.39 is 0 Å². The van der Waals surface area contributed by atoms with Crippen molar-refractivity contribution in [2.24, 2.45) is 0 Å². The van der Waals surface area contributed by atoms with E-state index in [1.807, 2.05) is 36.6 Å². The van der Waals surface area contributed by atoms with E-state index in [2.05, 4.69) is 10.3 Å². The highest BCUT2D eigenvalue weighted by molar-refractivity contribution is 7.14. The molecule has 6 nitrogen and oxygen atoms in total. The molecule has 3 rings (SSSR count). The highest BCUT2D eigenvalue weighted by Crippen LogP contribution is 2.31. The summed E-state index contributed by atoms with van der Waals surface area (Å²) < 4.78 is 10.7. The zero-order valence-electron chi connectivity index (χ0n) is 16.3. The van der Waals surface area contributed by atoms with Crippen LogP contribution in [-0.4, -0.2) is 30.4 Å². The standard InChI is InChI=1S/C22H22N2O4S/c1-3-28-16-10-8-15(9-11-16)19(25)12-13-21(26)24-22-23-18(14-29-22)17-6-4-5-7-20(17)27-2/h4-11,14H,3,12-13H2,1-2H3,(H,23,24,26). The number of nitrogens with one attached hydrogen (secondary N) is 1. The third-order valence-corrected chi connectivity index (χ3v) is 4.96. The van der Waals surface area contributed by atoms with E-state index in [-0.39, 0.29) is 24.5 Å². The van der Waals surface area contributed by atoms with Crippen LogP contribution in [0.25, 0.3) is 11.3 Å². The lowest BCUT2D eigenvalue weighted by Crippen LogP contribution is -2.13. The fourth-order valence-corrected chi connectivity index (χ4v) is 3.49. The van der Waals surface area contributed by atoms with E-state index in [1.165, 1.54) is 11.3 Å². The van der Waals surface area contributed by atoms with Gasteiger partial charge in [-0.3, -0.25) is 9.59 Å². The molecule has 1 N–H and O–H groups in total. The lowest BCUT2D eigenvalue weighted by atomic mass is 10.1. The average molecular weight is 410 g/mol. The first-order valence-corrected chi connectivity index (χ1v) is 10.1. The lowest BCUT2D eigenvalue weighted by molar-refractivity contribution is -0.116. The maximum absolute atomic E-state index is 12.3. The van der Waals surface area contributed by atoms with Gasteiger partial charge in [0.25, 0.3) is 0 Å². The van der Waals surface area contributed by atoms with Crippen LogP contribution in [-0.2, 0) is 4.79 Å². The van der Waals surface area contributed by atoms with Crippen molar-refractivity contribution in [1.29, 1.82) is 0 Å². The summed E-state index contributed by atoms with van der Waals surface area (Å²) in [6.45, 7) is 2.47. The van der Waals surface area contributed by atoms with Crippen LogP contribution in [0.4, 0.5) is 5.13 Å². The first-order valence-electron chi connectivity index (χ1n) is 9.25. The Balaban J connectivity index is 1.54.